The third kappa shape index (κ3) is 3.32. The topological polar surface area (TPSA) is 54.4 Å². The van der Waals surface area contributed by atoms with Crippen molar-refractivity contribution in [3.8, 4) is 0 Å². The first kappa shape index (κ1) is 21.6. The third-order valence-electron chi connectivity index (χ3n) is 1.44. The Balaban J connectivity index is -0.00000128. The van der Waals surface area contributed by atoms with Crippen LogP contribution < -0.4 is 68.9 Å². The van der Waals surface area contributed by atoms with Gasteiger partial charge in [-0.05, 0) is 0 Å². The van der Waals surface area contributed by atoms with Gasteiger partial charge in [-0.15, -0.1) is 0 Å². The van der Waals surface area contributed by atoms with Crippen LogP contribution in [-0.2, 0) is 10.1 Å². The summed E-state index contributed by atoms with van der Waals surface area (Å²) in [6.07, 6.45) is -7.13. The smallest absolute Gasteiger partial charge is 1.00 e. The van der Waals surface area contributed by atoms with Gasteiger partial charge in [0.25, 0.3) is 0 Å². The van der Waals surface area contributed by atoms with Gasteiger partial charge in [0.15, 0.2) is 0 Å². The molecule has 0 aromatic carbocycles. The maximum Gasteiger partial charge on any atom is 1.00 e. The summed E-state index contributed by atoms with van der Waals surface area (Å²) >= 11 is 0. The summed E-state index contributed by atoms with van der Waals surface area (Å²) in [5, 5.41) is -7.00. The Hall–Kier alpha value is 1.33. The van der Waals surface area contributed by atoms with E-state index in [-0.39, 0.29) is 70.3 Å². The number of halogens is 9. The Morgan fingerprint density at radius 2 is 1.06 bits per heavy atom. The Labute approximate surface area is 154 Å². The van der Waals surface area contributed by atoms with Crippen LogP contribution in [0.2, 0.25) is 0 Å². The van der Waals surface area contributed by atoms with Crippen LogP contribution in [0.3, 0.4) is 0 Å². The van der Waals surface area contributed by atoms with E-state index in [0.29, 0.717) is 0 Å². The van der Waals surface area contributed by atoms with E-state index in [9.17, 15) is 47.9 Å². The van der Waals surface area contributed by atoms with E-state index in [4.69, 9.17) is 4.55 Å². The molecule has 0 aromatic heterocycles. The number of alkyl halides is 9. The van der Waals surface area contributed by atoms with Gasteiger partial charge in [-0.1, -0.05) is 0 Å². The Bertz CT molecular complexity index is 404. The summed E-state index contributed by atoms with van der Waals surface area (Å²) in [5.41, 5.74) is 0. The Kier molecular flexibility index (Phi) is 6.74. The van der Waals surface area contributed by atoms with E-state index < -0.39 is 33.4 Å². The molecule has 0 radical (unpaired) electrons. The molecule has 0 heterocycles. The zero-order valence-electron chi connectivity index (χ0n) is 9.07. The van der Waals surface area contributed by atoms with Crippen LogP contribution in [-0.4, -0.2) is 36.2 Å². The molecule has 0 saturated heterocycles. The molecule has 0 spiro atoms. The predicted octanol–water partition coefficient (Wildman–Crippen LogP) is -0.584. The van der Waals surface area contributed by atoms with Gasteiger partial charge < -0.3 is 1.43 Å². The van der Waals surface area contributed by atoms with Gasteiger partial charge in [-0.2, -0.15) is 47.9 Å². The summed E-state index contributed by atoms with van der Waals surface area (Å²) in [7, 11) is -7.17. The molecule has 14 heteroatoms. The van der Waals surface area contributed by atoms with Gasteiger partial charge in [-0.3, -0.25) is 4.55 Å². The van der Waals surface area contributed by atoms with E-state index in [0.717, 1.165) is 0 Å². The third-order valence-corrected chi connectivity index (χ3v) is 2.34. The molecule has 3 nitrogen and oxygen atoms in total. The van der Waals surface area contributed by atoms with E-state index in [2.05, 4.69) is 0 Å². The van der Waals surface area contributed by atoms with Crippen LogP contribution in [0.15, 0.2) is 0 Å². The molecule has 0 fully saturated rings. The van der Waals surface area contributed by atoms with E-state index in [1.807, 2.05) is 0 Å². The number of hydrogen-bond acceptors (Lipinski definition) is 2. The summed E-state index contributed by atoms with van der Waals surface area (Å²) in [5.74, 6) is -14.7. The van der Waals surface area contributed by atoms with Crippen molar-refractivity contribution in [2.24, 2.45) is 0 Å². The van der Waals surface area contributed by atoms with Crippen molar-refractivity contribution in [1.29, 1.82) is 0 Å². The first-order valence-corrected chi connectivity index (χ1v) is 4.61. The molecule has 18 heavy (non-hydrogen) atoms. The van der Waals surface area contributed by atoms with Gasteiger partial charge in [0.1, 0.15) is 0 Å². The van der Waals surface area contributed by atoms with Crippen LogP contribution in [0.5, 0.6) is 0 Å². The van der Waals surface area contributed by atoms with Crippen LogP contribution in [0.1, 0.15) is 1.43 Å². The molecule has 0 aromatic rings. The first-order chi connectivity index (χ1) is 7.00. The van der Waals surface area contributed by atoms with Crippen molar-refractivity contribution >= 4 is 10.1 Å². The molecule has 0 atom stereocenters. The minimum Gasteiger partial charge on any atom is -1.00 e. The van der Waals surface area contributed by atoms with E-state index in [1.54, 1.807) is 0 Å². The molecule has 0 bridgehead atoms. The normalized spacial score (nSPS) is 15.2. The average Bonchev–Trinajstić information content (AvgIpc) is 1.98. The fraction of sp³-hybridized carbons (Fsp3) is 1.00. The van der Waals surface area contributed by atoms with Crippen molar-refractivity contribution in [2.75, 3.05) is 0 Å². The fourth-order valence-electron chi connectivity index (χ4n) is 0.523. The Morgan fingerprint density at radius 1 is 0.778 bits per heavy atom. The quantitative estimate of drug-likeness (QED) is 0.478. The van der Waals surface area contributed by atoms with Gasteiger partial charge in [-0.25, -0.2) is 0 Å². The monoisotopic (exact) mass is 434 g/mol. The standard InChI is InChI=1S/C4HF9O3S.Cs.H/c5-1(6,3(9,10)11)2(7,8)4(12,13)17(14,15)16;;/h(H,14,15,16);;/q;+1;-1. The van der Waals surface area contributed by atoms with Gasteiger partial charge in [0.2, 0.25) is 0 Å². The van der Waals surface area contributed by atoms with Gasteiger partial charge >= 0.3 is 102 Å². The largest absolute Gasteiger partial charge is 1.00 e. The summed E-state index contributed by atoms with van der Waals surface area (Å²) in [6.45, 7) is 0. The minimum atomic E-state index is -7.37. The van der Waals surface area contributed by atoms with Crippen molar-refractivity contribution < 1.29 is 123 Å². The molecule has 1 N–H and O–H groups in total. The SMILES string of the molecule is O=S(=O)(O)C(F)(F)C(F)(F)C(F)(F)C(F)(F)F.[Cs+].[H-]. The molecule has 0 amide bonds. The summed E-state index contributed by atoms with van der Waals surface area (Å²) < 4.78 is 134. The first-order valence-electron chi connectivity index (χ1n) is 3.17. The molecule has 0 aliphatic rings. The zero-order chi connectivity index (χ0) is 14.5. The summed E-state index contributed by atoms with van der Waals surface area (Å²) in [4.78, 5) is 0. The molecular formula is C4H2CsF9O3S. The molecular weight excluding hydrogens is 432 g/mol. The minimum absolute atomic E-state index is 0. The summed E-state index contributed by atoms with van der Waals surface area (Å²) in [6, 6.07) is 0. The van der Waals surface area contributed by atoms with Crippen LogP contribution in [0.4, 0.5) is 39.5 Å². The van der Waals surface area contributed by atoms with Gasteiger partial charge in [0.05, 0.1) is 0 Å². The maximum atomic E-state index is 12.2. The second-order valence-corrected chi connectivity index (χ2v) is 4.10. The fourth-order valence-corrected chi connectivity index (χ4v) is 0.975. The predicted molar refractivity (Wildman–Crippen MR) is 33.6 cm³/mol. The van der Waals surface area contributed by atoms with E-state index in [1.165, 1.54) is 0 Å². The number of rotatable bonds is 3. The zero-order valence-corrected chi connectivity index (χ0v) is 15.2. The molecule has 0 aliphatic carbocycles. The second-order valence-electron chi connectivity index (χ2n) is 2.64. The second kappa shape index (κ2) is 5.61. The van der Waals surface area contributed by atoms with Crippen molar-refractivity contribution in [2.45, 2.75) is 23.3 Å². The van der Waals surface area contributed by atoms with Crippen LogP contribution >= 0.6 is 0 Å². The average molecular weight is 434 g/mol. The molecule has 0 saturated carbocycles. The van der Waals surface area contributed by atoms with Crippen LogP contribution in [0.25, 0.3) is 0 Å². The van der Waals surface area contributed by atoms with Crippen molar-refractivity contribution in [3.63, 3.8) is 0 Å². The van der Waals surface area contributed by atoms with Crippen molar-refractivity contribution in [1.82, 2.24) is 0 Å². The Morgan fingerprint density at radius 3 is 1.22 bits per heavy atom. The van der Waals surface area contributed by atoms with Gasteiger partial charge in [0, 0.05) is 0 Å². The molecule has 0 unspecified atom stereocenters. The number of hydrogen-bond donors (Lipinski definition) is 1. The van der Waals surface area contributed by atoms with E-state index >= 15 is 0 Å². The van der Waals surface area contributed by atoms with Crippen molar-refractivity contribution in [3.05, 3.63) is 0 Å². The molecule has 0 rings (SSSR count). The molecule has 106 valence electrons. The maximum absolute atomic E-state index is 12.2. The molecule has 0 aliphatic heterocycles. The van der Waals surface area contributed by atoms with Crippen LogP contribution in [0, 0.1) is 0 Å².